The van der Waals surface area contributed by atoms with Gasteiger partial charge in [0.05, 0.1) is 25.4 Å². The van der Waals surface area contributed by atoms with Gasteiger partial charge < -0.3 is 20.1 Å². The fraction of sp³-hybridized carbons (Fsp3) is 0.923. The second kappa shape index (κ2) is 7.07. The van der Waals surface area contributed by atoms with E-state index < -0.39 is 0 Å². The number of aliphatic hydroxyl groups excluding tert-OH is 1. The Morgan fingerprint density at radius 1 is 1.28 bits per heavy atom. The van der Waals surface area contributed by atoms with Crippen LogP contribution in [-0.2, 0) is 9.53 Å². The number of amides is 1. The van der Waals surface area contributed by atoms with E-state index in [1.807, 2.05) is 4.90 Å². The lowest BCUT2D eigenvalue weighted by Gasteiger charge is -2.35. The van der Waals surface area contributed by atoms with E-state index in [2.05, 4.69) is 5.32 Å². The zero-order chi connectivity index (χ0) is 12.8. The first-order valence-electron chi connectivity index (χ1n) is 7.06. The molecule has 2 aliphatic heterocycles. The van der Waals surface area contributed by atoms with E-state index in [1.54, 1.807) is 0 Å². The summed E-state index contributed by atoms with van der Waals surface area (Å²) in [6, 6.07) is 0.0358. The molecule has 1 atom stereocenters. The Bertz CT molecular complexity index is 259. The summed E-state index contributed by atoms with van der Waals surface area (Å²) in [7, 11) is 0. The molecule has 2 aliphatic rings. The molecule has 104 valence electrons. The van der Waals surface area contributed by atoms with Gasteiger partial charge in [0.15, 0.2) is 0 Å². The molecule has 2 fully saturated rings. The Balaban J connectivity index is 1.73. The number of nitrogens with zero attached hydrogens (tertiary/aromatic N) is 1. The first-order chi connectivity index (χ1) is 8.81. The number of hydrogen-bond donors (Lipinski definition) is 2. The number of hydrogen-bond acceptors (Lipinski definition) is 4. The second-order valence-electron chi connectivity index (χ2n) is 5.12. The van der Waals surface area contributed by atoms with Crippen molar-refractivity contribution in [3.8, 4) is 0 Å². The third-order valence-electron chi connectivity index (χ3n) is 3.81. The summed E-state index contributed by atoms with van der Waals surface area (Å²) in [5.74, 6) is 0.260. The summed E-state index contributed by atoms with van der Waals surface area (Å²) in [6.45, 7) is 3.01. The average Bonchev–Trinajstić information content (AvgIpc) is 2.46. The summed E-state index contributed by atoms with van der Waals surface area (Å²) in [5, 5.41) is 12.0. The molecule has 0 bridgehead atoms. The highest BCUT2D eigenvalue weighted by molar-refractivity contribution is 5.82. The maximum Gasteiger partial charge on any atom is 0.239 e. The van der Waals surface area contributed by atoms with Crippen molar-refractivity contribution in [2.75, 3.05) is 32.8 Å². The first-order valence-corrected chi connectivity index (χ1v) is 7.06. The number of piperidine rings is 2. The fourth-order valence-corrected chi connectivity index (χ4v) is 2.75. The first kappa shape index (κ1) is 13.8. The summed E-state index contributed by atoms with van der Waals surface area (Å²) in [4.78, 5) is 14.2. The summed E-state index contributed by atoms with van der Waals surface area (Å²) in [6.07, 6.45) is 5.29. The third-order valence-corrected chi connectivity index (χ3v) is 3.81. The van der Waals surface area contributed by atoms with Gasteiger partial charge in [0, 0.05) is 13.1 Å². The Labute approximate surface area is 108 Å². The van der Waals surface area contributed by atoms with Gasteiger partial charge in [0.2, 0.25) is 5.91 Å². The maximum atomic E-state index is 12.3. The molecule has 0 aromatic carbocycles. The average molecular weight is 256 g/mol. The molecule has 0 spiro atoms. The van der Waals surface area contributed by atoms with Crippen LogP contribution in [0.15, 0.2) is 0 Å². The Morgan fingerprint density at radius 3 is 2.67 bits per heavy atom. The van der Waals surface area contributed by atoms with E-state index in [0.29, 0.717) is 6.61 Å². The Morgan fingerprint density at radius 2 is 2.06 bits per heavy atom. The van der Waals surface area contributed by atoms with Gasteiger partial charge in [-0.2, -0.15) is 0 Å². The van der Waals surface area contributed by atoms with Crippen LogP contribution < -0.4 is 5.32 Å². The normalized spacial score (nSPS) is 26.3. The van der Waals surface area contributed by atoms with Crippen LogP contribution >= 0.6 is 0 Å². The van der Waals surface area contributed by atoms with Gasteiger partial charge in [-0.1, -0.05) is 6.42 Å². The fourth-order valence-electron chi connectivity index (χ4n) is 2.75. The van der Waals surface area contributed by atoms with Gasteiger partial charge in [-0.25, -0.2) is 0 Å². The number of carbonyl (C=O) groups is 1. The quantitative estimate of drug-likeness (QED) is 0.750. The number of carbonyl (C=O) groups excluding carboxylic acids is 1. The lowest BCUT2D eigenvalue weighted by atomic mass is 10.0. The van der Waals surface area contributed by atoms with Gasteiger partial charge in [-0.15, -0.1) is 0 Å². The van der Waals surface area contributed by atoms with Crippen LogP contribution in [0.2, 0.25) is 0 Å². The minimum absolute atomic E-state index is 0.0358. The molecule has 0 saturated carbocycles. The topological polar surface area (TPSA) is 61.8 Å². The smallest absolute Gasteiger partial charge is 0.239 e. The van der Waals surface area contributed by atoms with Crippen molar-refractivity contribution >= 4 is 5.91 Å². The van der Waals surface area contributed by atoms with Crippen molar-refractivity contribution in [2.24, 2.45) is 0 Å². The Hall–Kier alpha value is -0.650. The maximum absolute atomic E-state index is 12.3. The van der Waals surface area contributed by atoms with Crippen LogP contribution in [-0.4, -0.2) is 60.9 Å². The molecule has 2 heterocycles. The standard InChI is InChI=1S/C13H24N2O3/c16-9-10-18-11-4-7-15(8-5-11)13(17)12-3-1-2-6-14-12/h11-12,14,16H,1-10H2. The minimum atomic E-state index is 0.0358. The van der Waals surface area contributed by atoms with Gasteiger partial charge >= 0.3 is 0 Å². The molecule has 5 nitrogen and oxygen atoms in total. The predicted octanol–water partition coefficient (Wildman–Crippen LogP) is 0.128. The van der Waals surface area contributed by atoms with Crippen molar-refractivity contribution in [2.45, 2.75) is 44.2 Å². The number of nitrogens with one attached hydrogen (secondary N) is 1. The van der Waals surface area contributed by atoms with E-state index in [-0.39, 0.29) is 24.7 Å². The van der Waals surface area contributed by atoms with Crippen LogP contribution in [0.25, 0.3) is 0 Å². The van der Waals surface area contributed by atoms with Crippen molar-refractivity contribution in [3.63, 3.8) is 0 Å². The van der Waals surface area contributed by atoms with E-state index in [4.69, 9.17) is 9.84 Å². The van der Waals surface area contributed by atoms with E-state index in [9.17, 15) is 4.79 Å². The second-order valence-corrected chi connectivity index (χ2v) is 5.12. The van der Waals surface area contributed by atoms with Gasteiger partial charge in [0.1, 0.15) is 0 Å². The van der Waals surface area contributed by atoms with Gasteiger partial charge in [-0.05, 0) is 32.2 Å². The monoisotopic (exact) mass is 256 g/mol. The summed E-state index contributed by atoms with van der Waals surface area (Å²) >= 11 is 0. The molecule has 2 rings (SSSR count). The van der Waals surface area contributed by atoms with Crippen LogP contribution in [0.4, 0.5) is 0 Å². The number of rotatable bonds is 4. The van der Waals surface area contributed by atoms with Crippen LogP contribution in [0, 0.1) is 0 Å². The minimum Gasteiger partial charge on any atom is -0.394 e. The summed E-state index contributed by atoms with van der Waals surface area (Å²) < 4.78 is 5.50. The van der Waals surface area contributed by atoms with E-state index in [1.165, 1.54) is 6.42 Å². The molecular weight excluding hydrogens is 232 g/mol. The molecule has 0 aliphatic carbocycles. The lowest BCUT2D eigenvalue weighted by Crippen LogP contribution is -2.51. The molecule has 1 unspecified atom stereocenters. The van der Waals surface area contributed by atoms with Crippen LogP contribution in [0.3, 0.4) is 0 Å². The van der Waals surface area contributed by atoms with Crippen molar-refractivity contribution in [1.82, 2.24) is 10.2 Å². The van der Waals surface area contributed by atoms with Gasteiger partial charge in [-0.3, -0.25) is 4.79 Å². The van der Waals surface area contributed by atoms with Crippen LogP contribution in [0.1, 0.15) is 32.1 Å². The SMILES string of the molecule is O=C(C1CCCCN1)N1CCC(OCCO)CC1. The molecule has 2 N–H and O–H groups in total. The van der Waals surface area contributed by atoms with E-state index in [0.717, 1.165) is 45.3 Å². The van der Waals surface area contributed by atoms with Crippen molar-refractivity contribution < 1.29 is 14.6 Å². The molecule has 1 amide bonds. The zero-order valence-corrected chi connectivity index (χ0v) is 10.9. The molecule has 18 heavy (non-hydrogen) atoms. The molecular formula is C13H24N2O3. The molecule has 0 aromatic rings. The molecule has 0 aromatic heterocycles. The van der Waals surface area contributed by atoms with Crippen LogP contribution in [0.5, 0.6) is 0 Å². The van der Waals surface area contributed by atoms with E-state index >= 15 is 0 Å². The molecule has 0 radical (unpaired) electrons. The molecule has 2 saturated heterocycles. The number of aliphatic hydroxyl groups is 1. The summed E-state index contributed by atoms with van der Waals surface area (Å²) in [5.41, 5.74) is 0. The highest BCUT2D eigenvalue weighted by Gasteiger charge is 2.28. The number of ether oxygens (including phenoxy) is 1. The largest absolute Gasteiger partial charge is 0.394 e. The lowest BCUT2D eigenvalue weighted by molar-refractivity contribution is -0.136. The highest BCUT2D eigenvalue weighted by atomic mass is 16.5. The highest BCUT2D eigenvalue weighted by Crippen LogP contribution is 2.17. The molecule has 5 heteroatoms. The third kappa shape index (κ3) is 3.67. The van der Waals surface area contributed by atoms with Crippen molar-refractivity contribution in [3.05, 3.63) is 0 Å². The van der Waals surface area contributed by atoms with Gasteiger partial charge in [0.25, 0.3) is 0 Å². The van der Waals surface area contributed by atoms with Crippen molar-refractivity contribution in [1.29, 1.82) is 0 Å². The Kier molecular flexibility index (Phi) is 5.41. The number of likely N-dealkylation sites (tertiary alicyclic amines) is 1. The zero-order valence-electron chi connectivity index (χ0n) is 10.9. The predicted molar refractivity (Wildman–Crippen MR) is 68.3 cm³/mol.